The molecule has 0 bridgehead atoms. The number of thioether (sulfide) groups is 1. The number of rotatable bonds is 5. The second kappa shape index (κ2) is 8.57. The highest BCUT2D eigenvalue weighted by atomic mass is 32.2. The standard InChI is InChI=1S/C14H19N3OS/c1-11(6-9-19-2)17-14(18)13-5-8-16-10-12(13)4-3-7-15/h5,8,10-11H,6-7,9,15H2,1-2H3,(H,17,18). The molecule has 1 unspecified atom stereocenters. The van der Waals surface area contributed by atoms with E-state index in [2.05, 4.69) is 28.4 Å². The predicted octanol–water partition coefficient (Wildman–Crippen LogP) is 1.26. The Morgan fingerprint density at radius 3 is 3.11 bits per heavy atom. The van der Waals surface area contributed by atoms with Crippen molar-refractivity contribution in [2.75, 3.05) is 18.6 Å². The van der Waals surface area contributed by atoms with Crippen molar-refractivity contribution in [3.8, 4) is 11.8 Å². The molecule has 1 amide bonds. The van der Waals surface area contributed by atoms with Crippen molar-refractivity contribution in [3.63, 3.8) is 0 Å². The molecule has 0 saturated carbocycles. The summed E-state index contributed by atoms with van der Waals surface area (Å²) in [7, 11) is 0. The van der Waals surface area contributed by atoms with E-state index in [-0.39, 0.29) is 18.5 Å². The highest BCUT2D eigenvalue weighted by molar-refractivity contribution is 7.98. The van der Waals surface area contributed by atoms with E-state index in [0.29, 0.717) is 11.1 Å². The van der Waals surface area contributed by atoms with Crippen LogP contribution in [0.5, 0.6) is 0 Å². The largest absolute Gasteiger partial charge is 0.350 e. The average Bonchev–Trinajstić information content (AvgIpc) is 2.43. The first-order chi connectivity index (χ1) is 9.19. The summed E-state index contributed by atoms with van der Waals surface area (Å²) < 4.78 is 0. The summed E-state index contributed by atoms with van der Waals surface area (Å²) in [5.74, 6) is 6.52. The normalized spacial score (nSPS) is 11.3. The van der Waals surface area contributed by atoms with Crippen LogP contribution in [-0.2, 0) is 0 Å². The molecular formula is C14H19N3OS. The zero-order valence-corrected chi connectivity index (χ0v) is 12.1. The first kappa shape index (κ1) is 15.5. The Kier molecular flexibility index (Phi) is 7.01. The van der Waals surface area contributed by atoms with Gasteiger partial charge >= 0.3 is 0 Å². The lowest BCUT2D eigenvalue weighted by Gasteiger charge is -2.13. The molecular weight excluding hydrogens is 258 g/mol. The van der Waals surface area contributed by atoms with Crippen molar-refractivity contribution in [2.45, 2.75) is 19.4 Å². The van der Waals surface area contributed by atoms with Crippen molar-refractivity contribution < 1.29 is 4.79 Å². The van der Waals surface area contributed by atoms with Gasteiger partial charge in [0.05, 0.1) is 17.7 Å². The van der Waals surface area contributed by atoms with Crippen LogP contribution in [0.15, 0.2) is 18.5 Å². The number of carbonyl (C=O) groups is 1. The highest BCUT2D eigenvalue weighted by Gasteiger charge is 2.12. The molecule has 0 spiro atoms. The molecule has 4 nitrogen and oxygen atoms in total. The third-order valence-electron chi connectivity index (χ3n) is 2.52. The molecule has 1 heterocycles. The number of pyridine rings is 1. The Labute approximate surface area is 118 Å². The van der Waals surface area contributed by atoms with Crippen LogP contribution in [0.25, 0.3) is 0 Å². The Balaban J connectivity index is 2.76. The number of amides is 1. The number of nitrogens with two attached hydrogens (primary N) is 1. The minimum Gasteiger partial charge on any atom is -0.350 e. The Morgan fingerprint density at radius 1 is 1.63 bits per heavy atom. The van der Waals surface area contributed by atoms with Gasteiger partial charge in [-0.25, -0.2) is 0 Å². The quantitative estimate of drug-likeness (QED) is 0.795. The molecule has 0 saturated heterocycles. The van der Waals surface area contributed by atoms with Crippen molar-refractivity contribution in [1.82, 2.24) is 10.3 Å². The van der Waals surface area contributed by atoms with E-state index in [1.165, 1.54) is 0 Å². The molecule has 0 aliphatic rings. The summed E-state index contributed by atoms with van der Waals surface area (Å²) in [5, 5.41) is 2.97. The fourth-order valence-electron chi connectivity index (χ4n) is 1.51. The summed E-state index contributed by atoms with van der Waals surface area (Å²) in [4.78, 5) is 16.1. The lowest BCUT2D eigenvalue weighted by atomic mass is 10.1. The van der Waals surface area contributed by atoms with Gasteiger partial charge in [0, 0.05) is 18.4 Å². The predicted molar refractivity (Wildman–Crippen MR) is 80.1 cm³/mol. The van der Waals surface area contributed by atoms with Gasteiger partial charge in [-0.1, -0.05) is 11.8 Å². The second-order valence-corrected chi connectivity index (χ2v) is 5.07. The molecule has 1 rings (SSSR count). The maximum atomic E-state index is 12.2. The van der Waals surface area contributed by atoms with Gasteiger partial charge in [0.25, 0.3) is 5.91 Å². The Bertz CT molecular complexity index is 479. The van der Waals surface area contributed by atoms with Crippen LogP contribution in [0, 0.1) is 11.8 Å². The molecule has 0 aliphatic heterocycles. The van der Waals surface area contributed by atoms with Crippen LogP contribution in [-0.4, -0.2) is 35.5 Å². The summed E-state index contributed by atoms with van der Waals surface area (Å²) >= 11 is 1.77. The van der Waals surface area contributed by atoms with E-state index in [1.54, 1.807) is 30.2 Å². The number of aromatic nitrogens is 1. The lowest BCUT2D eigenvalue weighted by molar-refractivity contribution is 0.0939. The van der Waals surface area contributed by atoms with Gasteiger partial charge in [-0.15, -0.1) is 0 Å². The van der Waals surface area contributed by atoms with Crippen molar-refractivity contribution in [1.29, 1.82) is 0 Å². The summed E-state index contributed by atoms with van der Waals surface area (Å²) in [6.45, 7) is 2.26. The van der Waals surface area contributed by atoms with E-state index < -0.39 is 0 Å². The molecule has 102 valence electrons. The summed E-state index contributed by atoms with van der Waals surface area (Å²) in [6, 6.07) is 1.82. The number of nitrogens with one attached hydrogen (secondary N) is 1. The van der Waals surface area contributed by atoms with Crippen LogP contribution >= 0.6 is 11.8 Å². The number of hydrogen-bond acceptors (Lipinski definition) is 4. The lowest BCUT2D eigenvalue weighted by Crippen LogP contribution is -2.33. The maximum absolute atomic E-state index is 12.2. The number of nitrogens with zero attached hydrogens (tertiary/aromatic N) is 1. The fourth-order valence-corrected chi connectivity index (χ4v) is 2.10. The van der Waals surface area contributed by atoms with Crippen LogP contribution in [0.1, 0.15) is 29.3 Å². The summed E-state index contributed by atoms with van der Waals surface area (Å²) in [5.41, 5.74) is 6.50. The SMILES string of the molecule is CSCCC(C)NC(=O)c1ccncc1C#CCN. The van der Waals surface area contributed by atoms with Gasteiger partial charge in [0.2, 0.25) is 0 Å². The molecule has 0 fully saturated rings. The zero-order valence-electron chi connectivity index (χ0n) is 11.3. The molecule has 0 aliphatic carbocycles. The Morgan fingerprint density at radius 2 is 2.42 bits per heavy atom. The maximum Gasteiger partial charge on any atom is 0.252 e. The van der Waals surface area contributed by atoms with E-state index in [0.717, 1.165) is 12.2 Å². The Hall–Kier alpha value is -1.51. The number of hydrogen-bond donors (Lipinski definition) is 2. The second-order valence-electron chi connectivity index (χ2n) is 4.08. The van der Waals surface area contributed by atoms with Gasteiger partial charge < -0.3 is 11.1 Å². The topological polar surface area (TPSA) is 68.0 Å². The first-order valence-electron chi connectivity index (χ1n) is 6.11. The summed E-state index contributed by atoms with van der Waals surface area (Å²) in [6.07, 6.45) is 6.18. The van der Waals surface area contributed by atoms with E-state index in [4.69, 9.17) is 5.73 Å². The van der Waals surface area contributed by atoms with Crippen molar-refractivity contribution >= 4 is 17.7 Å². The van der Waals surface area contributed by atoms with Crippen molar-refractivity contribution in [3.05, 3.63) is 29.6 Å². The van der Waals surface area contributed by atoms with E-state index in [9.17, 15) is 4.79 Å². The molecule has 0 aromatic carbocycles. The molecule has 5 heteroatoms. The van der Waals surface area contributed by atoms with Gasteiger partial charge in [0.15, 0.2) is 0 Å². The number of carbonyl (C=O) groups excluding carboxylic acids is 1. The zero-order chi connectivity index (χ0) is 14.1. The van der Waals surface area contributed by atoms with Crippen LogP contribution in [0.2, 0.25) is 0 Å². The molecule has 1 aromatic rings. The minimum atomic E-state index is -0.114. The van der Waals surface area contributed by atoms with E-state index >= 15 is 0 Å². The van der Waals surface area contributed by atoms with E-state index in [1.807, 2.05) is 6.92 Å². The van der Waals surface area contributed by atoms with Gasteiger partial charge in [-0.3, -0.25) is 9.78 Å². The minimum absolute atomic E-state index is 0.114. The van der Waals surface area contributed by atoms with Crippen LogP contribution < -0.4 is 11.1 Å². The van der Waals surface area contributed by atoms with Gasteiger partial charge in [-0.2, -0.15) is 11.8 Å². The smallest absolute Gasteiger partial charge is 0.252 e. The van der Waals surface area contributed by atoms with Gasteiger partial charge in [-0.05, 0) is 31.4 Å². The van der Waals surface area contributed by atoms with Crippen molar-refractivity contribution in [2.24, 2.45) is 5.73 Å². The third-order valence-corrected chi connectivity index (χ3v) is 3.17. The van der Waals surface area contributed by atoms with Crippen LogP contribution in [0.4, 0.5) is 0 Å². The molecule has 0 radical (unpaired) electrons. The third kappa shape index (κ3) is 5.33. The molecule has 3 N–H and O–H groups in total. The monoisotopic (exact) mass is 277 g/mol. The molecule has 19 heavy (non-hydrogen) atoms. The van der Waals surface area contributed by atoms with Gasteiger partial charge in [0.1, 0.15) is 0 Å². The molecule has 1 atom stereocenters. The first-order valence-corrected chi connectivity index (χ1v) is 7.51. The average molecular weight is 277 g/mol. The van der Waals surface area contributed by atoms with Crippen LogP contribution in [0.3, 0.4) is 0 Å². The molecule has 1 aromatic heterocycles. The fraction of sp³-hybridized carbons (Fsp3) is 0.429. The highest BCUT2D eigenvalue weighted by Crippen LogP contribution is 2.07.